The van der Waals surface area contributed by atoms with E-state index in [1.807, 2.05) is 6.92 Å². The van der Waals surface area contributed by atoms with Gasteiger partial charge >= 0.3 is 0 Å². The van der Waals surface area contributed by atoms with E-state index >= 15 is 0 Å². The van der Waals surface area contributed by atoms with Gasteiger partial charge in [-0.2, -0.15) is 0 Å². The minimum Gasteiger partial charge on any atom is -0.294 e. The van der Waals surface area contributed by atoms with E-state index in [0.29, 0.717) is 12.1 Å². The second-order valence-corrected chi connectivity index (χ2v) is 4.17. The molecule has 2 aliphatic rings. The molecule has 14 heavy (non-hydrogen) atoms. The number of nitrogens with one attached hydrogen (secondary N) is 1. The topological polar surface area (TPSA) is 58.1 Å². The van der Waals surface area contributed by atoms with Gasteiger partial charge in [0, 0.05) is 18.6 Å². The van der Waals surface area contributed by atoms with Crippen LogP contribution in [0.2, 0.25) is 0 Å². The summed E-state index contributed by atoms with van der Waals surface area (Å²) in [4.78, 5) is 11.3. The third-order valence-corrected chi connectivity index (χ3v) is 3.23. The van der Waals surface area contributed by atoms with Crippen molar-refractivity contribution >= 4 is 11.6 Å². The number of hydrazine groups is 1. The van der Waals surface area contributed by atoms with E-state index in [1.165, 1.54) is 11.3 Å². The lowest BCUT2D eigenvalue weighted by Gasteiger charge is -2.02. The zero-order chi connectivity index (χ0) is 10.5. The Morgan fingerprint density at radius 2 is 2.29 bits per heavy atom. The third kappa shape index (κ3) is 1.10. The highest BCUT2D eigenvalue weighted by molar-refractivity contribution is 5.92. The van der Waals surface area contributed by atoms with Gasteiger partial charge in [-0.1, -0.05) is 0 Å². The van der Waals surface area contributed by atoms with Gasteiger partial charge in [0.25, 0.3) is 0 Å². The van der Waals surface area contributed by atoms with Crippen molar-refractivity contribution in [2.45, 2.75) is 32.9 Å². The molecule has 4 nitrogen and oxygen atoms in total. The summed E-state index contributed by atoms with van der Waals surface area (Å²) in [7, 11) is 0. The van der Waals surface area contributed by atoms with Crippen LogP contribution >= 0.6 is 0 Å². The summed E-state index contributed by atoms with van der Waals surface area (Å²) in [5.41, 5.74) is 4.82. The normalized spacial score (nSPS) is 31.0. The molecule has 0 aromatic carbocycles. The first-order valence-corrected chi connectivity index (χ1v) is 4.88. The van der Waals surface area contributed by atoms with E-state index in [0.717, 1.165) is 0 Å². The molecular weight excluding hydrogens is 178 g/mol. The Balaban J connectivity index is 2.13. The van der Waals surface area contributed by atoms with Crippen LogP contribution in [0.4, 0.5) is 0 Å². The summed E-state index contributed by atoms with van der Waals surface area (Å²) in [5, 5.41) is 0. The molecule has 76 valence electrons. The van der Waals surface area contributed by atoms with E-state index in [9.17, 15) is 4.79 Å². The number of rotatable bonds is 2. The van der Waals surface area contributed by atoms with Crippen molar-refractivity contribution < 1.29 is 9.37 Å². The first-order chi connectivity index (χ1) is 6.57. The number of carbonyl (C=O) groups excluding carboxylic acids is 1. The third-order valence-electron chi connectivity index (χ3n) is 3.23. The monoisotopic (exact) mass is 194 g/mol. The van der Waals surface area contributed by atoms with Gasteiger partial charge in [0.2, 0.25) is 18.0 Å². The number of hydrogen-bond donors (Lipinski definition) is 2. The molecule has 3 unspecified atom stereocenters. The van der Waals surface area contributed by atoms with Crippen LogP contribution in [0.15, 0.2) is 11.6 Å². The summed E-state index contributed by atoms with van der Waals surface area (Å²) in [6.45, 7) is 6.11. The maximum atomic E-state index is 11.3. The average Bonchev–Trinajstić information content (AvgIpc) is 2.83. The van der Waals surface area contributed by atoms with Crippen LogP contribution in [0.25, 0.3) is 0 Å². The molecule has 1 fully saturated rings. The van der Waals surface area contributed by atoms with E-state index in [2.05, 4.69) is 29.9 Å². The molecular formula is C10H16N3O+. The van der Waals surface area contributed by atoms with E-state index in [-0.39, 0.29) is 11.8 Å². The van der Waals surface area contributed by atoms with E-state index < -0.39 is 0 Å². The first kappa shape index (κ1) is 9.40. The fourth-order valence-electron chi connectivity index (χ4n) is 2.48. The highest BCUT2D eigenvalue weighted by atomic mass is 16.2. The van der Waals surface area contributed by atoms with Gasteiger partial charge in [0.15, 0.2) is 5.71 Å². The van der Waals surface area contributed by atoms with Crippen molar-refractivity contribution in [3.8, 4) is 0 Å². The molecule has 0 saturated carbocycles. The lowest BCUT2D eigenvalue weighted by Crippen LogP contribution is -2.37. The molecule has 0 spiro atoms. The average molecular weight is 194 g/mol. The summed E-state index contributed by atoms with van der Waals surface area (Å²) in [5.74, 6) is 5.00. The molecule has 1 amide bonds. The SMILES string of the molecule is CC1=CC(C)=[N+]2C1C2C(C)C(=O)NN. The van der Waals surface area contributed by atoms with Crippen molar-refractivity contribution in [3.63, 3.8) is 0 Å². The Bertz CT molecular complexity index is 356. The smallest absolute Gasteiger partial charge is 0.243 e. The predicted octanol–water partition coefficient (Wildman–Crippen LogP) is -0.203. The Morgan fingerprint density at radius 3 is 2.71 bits per heavy atom. The second-order valence-electron chi connectivity index (χ2n) is 4.17. The molecule has 0 aliphatic carbocycles. The Labute approximate surface area is 83.4 Å². The van der Waals surface area contributed by atoms with Crippen molar-refractivity contribution in [2.24, 2.45) is 11.8 Å². The molecule has 4 heteroatoms. The number of nitrogens with zero attached hydrogens (tertiary/aromatic N) is 1. The lowest BCUT2D eigenvalue weighted by molar-refractivity contribution is -0.376. The second kappa shape index (κ2) is 2.92. The van der Waals surface area contributed by atoms with Crippen LogP contribution in [0.3, 0.4) is 0 Å². The minimum absolute atomic E-state index is 0.0383. The molecule has 0 radical (unpaired) electrons. The number of nitrogens with two attached hydrogens (primary N) is 1. The van der Waals surface area contributed by atoms with E-state index in [1.54, 1.807) is 0 Å². The minimum atomic E-state index is -0.0787. The van der Waals surface area contributed by atoms with Gasteiger partial charge in [-0.05, 0) is 13.8 Å². The van der Waals surface area contributed by atoms with Crippen LogP contribution in [-0.2, 0) is 4.79 Å². The number of carbonyl (C=O) groups is 1. The predicted molar refractivity (Wildman–Crippen MR) is 53.8 cm³/mol. The molecule has 2 heterocycles. The molecule has 2 aliphatic heterocycles. The van der Waals surface area contributed by atoms with Gasteiger partial charge in [-0.3, -0.25) is 10.2 Å². The summed E-state index contributed by atoms with van der Waals surface area (Å²) in [6, 6.07) is 0.769. The highest BCUT2D eigenvalue weighted by Gasteiger charge is 2.63. The van der Waals surface area contributed by atoms with Crippen molar-refractivity contribution in [1.82, 2.24) is 5.43 Å². The van der Waals surface area contributed by atoms with E-state index in [4.69, 9.17) is 5.84 Å². The quantitative estimate of drug-likeness (QED) is 0.210. The molecule has 2 rings (SSSR count). The number of fused-ring (bicyclic) bond motifs is 1. The zero-order valence-electron chi connectivity index (χ0n) is 8.74. The van der Waals surface area contributed by atoms with Crippen LogP contribution in [0, 0.1) is 5.92 Å². The maximum Gasteiger partial charge on any atom is 0.243 e. The Hall–Kier alpha value is -1.16. The summed E-state index contributed by atoms with van der Waals surface area (Å²) < 4.78 is 2.27. The fourth-order valence-corrected chi connectivity index (χ4v) is 2.48. The molecule has 3 N–H and O–H groups in total. The Kier molecular flexibility index (Phi) is 1.96. The van der Waals surface area contributed by atoms with Gasteiger partial charge in [0.1, 0.15) is 5.92 Å². The first-order valence-electron chi connectivity index (χ1n) is 4.88. The van der Waals surface area contributed by atoms with Crippen LogP contribution in [0.1, 0.15) is 20.8 Å². The maximum absolute atomic E-state index is 11.3. The molecule has 1 saturated heterocycles. The van der Waals surface area contributed by atoms with Gasteiger partial charge in [-0.15, -0.1) is 0 Å². The van der Waals surface area contributed by atoms with Crippen LogP contribution in [0.5, 0.6) is 0 Å². The zero-order valence-corrected chi connectivity index (χ0v) is 8.74. The number of amides is 1. The molecule has 0 aromatic heterocycles. The van der Waals surface area contributed by atoms with Gasteiger partial charge < -0.3 is 0 Å². The largest absolute Gasteiger partial charge is 0.294 e. The van der Waals surface area contributed by atoms with Crippen LogP contribution in [-0.4, -0.2) is 28.3 Å². The van der Waals surface area contributed by atoms with Crippen LogP contribution < -0.4 is 11.3 Å². The molecule has 0 bridgehead atoms. The molecule has 0 aromatic rings. The Morgan fingerprint density at radius 1 is 1.64 bits per heavy atom. The van der Waals surface area contributed by atoms with Crippen molar-refractivity contribution in [2.75, 3.05) is 0 Å². The molecule has 3 atom stereocenters. The fraction of sp³-hybridized carbons (Fsp3) is 0.600. The summed E-state index contributed by atoms with van der Waals surface area (Å²) in [6.07, 6.45) is 2.17. The standard InChI is InChI=1S/C10H15N3O/c1-5-4-6(2)13-8(5)9(13)7(3)10(14)12-11/h4,7-9H,11H2,1-3H3/p+1. The van der Waals surface area contributed by atoms with Crippen molar-refractivity contribution in [3.05, 3.63) is 11.6 Å². The number of allylic oxidation sites excluding steroid dienone is 1. The lowest BCUT2D eigenvalue weighted by atomic mass is 10.0. The summed E-state index contributed by atoms with van der Waals surface area (Å²) >= 11 is 0. The van der Waals surface area contributed by atoms with Gasteiger partial charge in [-0.25, -0.2) is 10.4 Å². The van der Waals surface area contributed by atoms with Gasteiger partial charge in [0.05, 0.1) is 0 Å². The number of hydrogen-bond acceptors (Lipinski definition) is 2. The highest BCUT2D eigenvalue weighted by Crippen LogP contribution is 2.38. The van der Waals surface area contributed by atoms with Crippen molar-refractivity contribution in [1.29, 1.82) is 0 Å².